The van der Waals surface area contributed by atoms with Crippen LogP contribution in [-0.4, -0.2) is 80.1 Å². The predicted octanol–water partition coefficient (Wildman–Crippen LogP) is 11.4. The van der Waals surface area contributed by atoms with Gasteiger partial charge in [0.25, 0.3) is 10.1 Å². The van der Waals surface area contributed by atoms with E-state index in [9.17, 15) is 23.1 Å². The molecule has 4 aromatic rings. The molecule has 4 saturated heterocycles. The van der Waals surface area contributed by atoms with Crippen LogP contribution in [0.4, 0.5) is 0 Å². The van der Waals surface area contributed by atoms with E-state index >= 15 is 0 Å². The molecule has 2 saturated carbocycles. The molecule has 0 radical (unpaired) electrons. The van der Waals surface area contributed by atoms with E-state index in [1.807, 2.05) is 36.4 Å². The second-order valence-corrected chi connectivity index (χ2v) is 22.8. The summed E-state index contributed by atoms with van der Waals surface area (Å²) in [7, 11) is -1.95. The summed E-state index contributed by atoms with van der Waals surface area (Å²) in [4.78, 5) is 25.5. The number of piperidine rings is 4. The maximum atomic E-state index is 11.6. The molecule has 0 amide bonds. The number of carboxylic acid groups (broad SMARTS) is 1. The summed E-state index contributed by atoms with van der Waals surface area (Å²) in [6.45, 7) is 5.62. The number of aliphatic carboxylic acids is 1. The van der Waals surface area contributed by atoms with Crippen molar-refractivity contribution in [3.63, 3.8) is 0 Å². The monoisotopic (exact) mass is 953 g/mol. The Kier molecular flexibility index (Phi) is 17.1. The first kappa shape index (κ1) is 50.2. The molecule has 4 bridgehead atoms. The zero-order valence-corrected chi connectivity index (χ0v) is 41.7. The normalized spacial score (nSPS) is 29.4. The van der Waals surface area contributed by atoms with E-state index < -0.39 is 16.1 Å². The molecule has 370 valence electrons. The van der Waals surface area contributed by atoms with Crippen molar-refractivity contribution in [1.82, 2.24) is 10.2 Å². The van der Waals surface area contributed by atoms with Gasteiger partial charge in [-0.1, -0.05) is 75.2 Å². The molecule has 2 aliphatic carbocycles. The fourth-order valence-electron chi connectivity index (χ4n) is 12.0. The van der Waals surface area contributed by atoms with E-state index in [2.05, 4.69) is 60.5 Å². The number of carboxylic acids is 1. The van der Waals surface area contributed by atoms with Crippen LogP contribution >= 0.6 is 0 Å². The van der Waals surface area contributed by atoms with E-state index in [-0.39, 0.29) is 24.4 Å². The fourth-order valence-corrected chi connectivity index (χ4v) is 12.4. The van der Waals surface area contributed by atoms with Crippen molar-refractivity contribution in [3.8, 4) is 11.5 Å². The van der Waals surface area contributed by atoms with Gasteiger partial charge in [-0.3, -0.25) is 18.7 Å². The van der Waals surface area contributed by atoms with Gasteiger partial charge in [0, 0.05) is 41.5 Å². The summed E-state index contributed by atoms with van der Waals surface area (Å²) >= 11 is 0. The molecule has 12 heteroatoms. The smallest absolute Gasteiger partial charge is 0.308 e. The molecular formula is C56H76N2O9S. The minimum atomic E-state index is -3.43. The van der Waals surface area contributed by atoms with Gasteiger partial charge in [0.15, 0.2) is 0 Å². The summed E-state index contributed by atoms with van der Waals surface area (Å²) in [6, 6.07) is 27.0. The summed E-state index contributed by atoms with van der Waals surface area (Å²) in [5.74, 6) is 2.92. The molecule has 0 spiro atoms. The largest absolute Gasteiger partial charge is 0.490 e. The maximum Gasteiger partial charge on any atom is 0.308 e. The molecule has 4 aliphatic heterocycles. The van der Waals surface area contributed by atoms with Crippen LogP contribution in [0.25, 0.3) is 21.5 Å². The van der Waals surface area contributed by atoms with Gasteiger partial charge in [-0.05, 0) is 161 Å². The molecule has 10 rings (SSSR count). The number of hydrogen-bond acceptors (Lipinski definition) is 10. The van der Waals surface area contributed by atoms with Crippen LogP contribution in [0.5, 0.6) is 11.5 Å². The number of benzene rings is 4. The third-order valence-electron chi connectivity index (χ3n) is 15.9. The average Bonchev–Trinajstić information content (AvgIpc) is 3.32. The minimum absolute atomic E-state index is 0.0154. The second kappa shape index (κ2) is 23.1. The third-order valence-corrected chi connectivity index (χ3v) is 16.4. The third kappa shape index (κ3) is 13.5. The summed E-state index contributed by atoms with van der Waals surface area (Å²) < 4.78 is 44.6. The van der Waals surface area contributed by atoms with E-state index in [4.69, 9.17) is 18.4 Å². The van der Waals surface area contributed by atoms with Crippen molar-refractivity contribution in [2.24, 2.45) is 23.7 Å². The van der Waals surface area contributed by atoms with Gasteiger partial charge in [0.2, 0.25) is 0 Å². The molecule has 2 N–H and O–H groups in total. The Hall–Kier alpha value is -4.23. The SMILES string of the molecule is CC1CCC(Oc2cccc3cc(CN4C5CCCC4CC(C(=O)O)C5)ccc23)CC1.CC1CCC(Oc2cccc3cc(COS(C)(=O)=O)ccc23)CC1.COC(=O)C1CC2CCCC(C1)N2. The van der Waals surface area contributed by atoms with Gasteiger partial charge in [-0.25, -0.2) is 0 Å². The fraction of sp³-hybridized carbons (Fsp3) is 0.607. The Morgan fingerprint density at radius 2 is 1.15 bits per heavy atom. The summed E-state index contributed by atoms with van der Waals surface area (Å²) in [5.41, 5.74) is 2.15. The Morgan fingerprint density at radius 1 is 0.647 bits per heavy atom. The zero-order chi connectivity index (χ0) is 47.8. The number of hydrogen-bond donors (Lipinski definition) is 2. The number of carbonyl (C=O) groups excluding carboxylic acids is 1. The maximum absolute atomic E-state index is 11.6. The number of nitrogens with zero attached hydrogens (tertiary/aromatic N) is 1. The van der Waals surface area contributed by atoms with Gasteiger partial charge in [-0.2, -0.15) is 8.42 Å². The Labute approximate surface area is 405 Å². The summed E-state index contributed by atoms with van der Waals surface area (Å²) in [5, 5.41) is 17.6. The molecule has 11 nitrogen and oxygen atoms in total. The van der Waals surface area contributed by atoms with Crippen molar-refractivity contribution >= 4 is 43.6 Å². The molecule has 4 atom stereocenters. The van der Waals surface area contributed by atoms with E-state index in [1.165, 1.54) is 74.8 Å². The topological polar surface area (TPSA) is 141 Å². The highest BCUT2D eigenvalue weighted by atomic mass is 32.2. The van der Waals surface area contributed by atoms with Crippen LogP contribution in [0, 0.1) is 23.7 Å². The number of nitrogens with one attached hydrogen (secondary N) is 1. The first-order valence-electron chi connectivity index (χ1n) is 25.8. The highest BCUT2D eigenvalue weighted by Crippen LogP contribution is 2.39. The lowest BCUT2D eigenvalue weighted by Crippen LogP contribution is -2.52. The van der Waals surface area contributed by atoms with Crippen molar-refractivity contribution < 1.29 is 41.5 Å². The van der Waals surface area contributed by atoms with Gasteiger partial charge >= 0.3 is 11.9 Å². The molecule has 4 heterocycles. The molecule has 68 heavy (non-hydrogen) atoms. The first-order chi connectivity index (χ1) is 32.8. The van der Waals surface area contributed by atoms with Gasteiger partial charge < -0.3 is 24.6 Å². The Bertz CT molecular complexity index is 2400. The van der Waals surface area contributed by atoms with Gasteiger partial charge in [-0.15, -0.1) is 0 Å². The molecule has 6 fully saturated rings. The van der Waals surface area contributed by atoms with E-state index in [1.54, 1.807) is 0 Å². The van der Waals surface area contributed by atoms with Crippen molar-refractivity contribution in [2.75, 3.05) is 13.4 Å². The number of fused-ring (bicyclic) bond motifs is 6. The van der Waals surface area contributed by atoms with Crippen LogP contribution in [-0.2, 0) is 41.8 Å². The number of esters is 1. The van der Waals surface area contributed by atoms with Crippen molar-refractivity contribution in [3.05, 3.63) is 83.9 Å². The average molecular weight is 953 g/mol. The number of ether oxygens (including phenoxy) is 3. The lowest BCUT2D eigenvalue weighted by Gasteiger charge is -2.48. The minimum Gasteiger partial charge on any atom is -0.490 e. The van der Waals surface area contributed by atoms with Crippen LogP contribution < -0.4 is 14.8 Å². The van der Waals surface area contributed by atoms with Crippen LogP contribution in [0.2, 0.25) is 0 Å². The van der Waals surface area contributed by atoms with Gasteiger partial charge in [0.05, 0.1) is 44.0 Å². The standard InChI is InChI=1S/C27H35NO3.C19H24O4S.C10H17NO2/c1-18-8-11-24(12-9-18)31-26-7-2-4-20-14-19(10-13-25(20)26)17-28-22-5-3-6-23(28)16-21(15-22)27(29)30;1-14-6-9-17(10-7-14)23-19-5-3-4-16-12-15(8-11-18(16)19)13-22-24(2,20)21;1-13-10(12)7-5-8-3-2-4-9(6-7)11-8/h2,4,7,10,13-14,18,21-24H,3,5-6,8-9,11-12,15-17H2,1H3,(H,29,30);3-5,8,11-12,14,17H,6-7,9-10,13H2,1-2H3;7-9,11H,2-6H2,1H3. The van der Waals surface area contributed by atoms with Crippen molar-refractivity contribution in [2.45, 2.75) is 179 Å². The molecular weight excluding hydrogens is 877 g/mol. The first-order valence-corrected chi connectivity index (χ1v) is 27.6. The predicted molar refractivity (Wildman–Crippen MR) is 268 cm³/mol. The molecule has 0 aromatic heterocycles. The van der Waals surface area contributed by atoms with E-state index in [0.717, 1.165) is 117 Å². The second-order valence-electron chi connectivity index (χ2n) is 21.2. The summed E-state index contributed by atoms with van der Waals surface area (Å²) in [6.07, 6.45) is 22.0. The highest BCUT2D eigenvalue weighted by molar-refractivity contribution is 7.85. The van der Waals surface area contributed by atoms with Gasteiger partial charge in [0.1, 0.15) is 11.5 Å². The molecule has 4 aromatic carbocycles. The lowest BCUT2D eigenvalue weighted by molar-refractivity contribution is -0.148. The molecule has 6 aliphatic rings. The van der Waals surface area contributed by atoms with E-state index in [0.29, 0.717) is 36.4 Å². The number of rotatable bonds is 11. The van der Waals surface area contributed by atoms with Crippen LogP contribution in [0.3, 0.4) is 0 Å². The molecule has 4 unspecified atom stereocenters. The Balaban J connectivity index is 0.000000149. The number of methoxy groups -OCH3 is 1. The zero-order valence-electron chi connectivity index (χ0n) is 40.9. The quantitative estimate of drug-likeness (QED) is 0.110. The van der Waals surface area contributed by atoms with Crippen molar-refractivity contribution in [1.29, 1.82) is 0 Å². The van der Waals surface area contributed by atoms with Crippen LogP contribution in [0.1, 0.15) is 141 Å². The van der Waals surface area contributed by atoms with Crippen LogP contribution in [0.15, 0.2) is 72.8 Å². The highest BCUT2D eigenvalue weighted by Gasteiger charge is 2.41. The Morgan fingerprint density at radius 3 is 1.65 bits per heavy atom. The number of carbonyl (C=O) groups is 2. The lowest BCUT2D eigenvalue weighted by atomic mass is 9.78.